The molecule has 6 heteroatoms. The van der Waals surface area contributed by atoms with Gasteiger partial charge in [-0.25, -0.2) is 14.5 Å². The maximum atomic E-state index is 12.2. The highest BCUT2D eigenvalue weighted by Crippen LogP contribution is 2.31. The van der Waals surface area contributed by atoms with Gasteiger partial charge in [-0.05, 0) is 41.5 Å². The Labute approximate surface area is 125 Å². The lowest BCUT2D eigenvalue weighted by Crippen LogP contribution is -2.67. The molecule has 0 spiro atoms. The van der Waals surface area contributed by atoms with E-state index >= 15 is 0 Å². The van der Waals surface area contributed by atoms with Gasteiger partial charge in [-0.2, -0.15) is 0 Å². The van der Waals surface area contributed by atoms with Crippen LogP contribution in [0.2, 0.25) is 0 Å². The van der Waals surface area contributed by atoms with E-state index in [-0.39, 0.29) is 0 Å². The first-order valence-electron chi connectivity index (χ1n) is 6.79. The predicted octanol–water partition coefficient (Wildman–Crippen LogP) is 2.28. The van der Waals surface area contributed by atoms with Gasteiger partial charge in [-0.15, -0.1) is 6.58 Å². The molecule has 0 radical (unpaired) electrons. The molecule has 1 aliphatic rings. The smallest absolute Gasteiger partial charge is 0.417 e. The van der Waals surface area contributed by atoms with Crippen molar-refractivity contribution in [3.05, 3.63) is 12.7 Å². The highest BCUT2D eigenvalue weighted by atomic mass is 16.6. The molecule has 1 saturated heterocycles. The van der Waals surface area contributed by atoms with E-state index in [0.29, 0.717) is 0 Å². The van der Waals surface area contributed by atoms with Crippen molar-refractivity contribution in [1.82, 2.24) is 4.90 Å². The van der Waals surface area contributed by atoms with Crippen molar-refractivity contribution in [2.75, 3.05) is 0 Å². The summed E-state index contributed by atoms with van der Waals surface area (Å²) in [6.07, 6.45) is 0.499. The molecule has 0 aromatic carbocycles. The molecule has 0 aromatic heterocycles. The van der Waals surface area contributed by atoms with Crippen LogP contribution < -0.4 is 0 Å². The van der Waals surface area contributed by atoms with Crippen molar-refractivity contribution in [1.29, 1.82) is 0 Å². The van der Waals surface area contributed by atoms with E-state index in [2.05, 4.69) is 6.58 Å². The fourth-order valence-corrected chi connectivity index (χ4v) is 1.87. The number of ether oxygens (including phenoxy) is 2. The van der Waals surface area contributed by atoms with Crippen LogP contribution in [-0.2, 0) is 19.1 Å². The molecule has 1 aliphatic heterocycles. The van der Waals surface area contributed by atoms with E-state index in [4.69, 9.17) is 9.47 Å². The summed E-state index contributed by atoms with van der Waals surface area (Å²) in [4.78, 5) is 36.9. The Morgan fingerprint density at radius 2 is 1.57 bits per heavy atom. The van der Waals surface area contributed by atoms with Gasteiger partial charge in [-0.3, -0.25) is 4.79 Å². The van der Waals surface area contributed by atoms with Crippen molar-refractivity contribution in [2.45, 2.75) is 58.8 Å². The summed E-state index contributed by atoms with van der Waals surface area (Å²) >= 11 is 0. The zero-order valence-electron chi connectivity index (χ0n) is 13.4. The summed E-state index contributed by atoms with van der Waals surface area (Å²) in [7, 11) is 0. The van der Waals surface area contributed by atoms with E-state index < -0.39 is 41.1 Å². The van der Waals surface area contributed by atoms with E-state index in [1.807, 2.05) is 0 Å². The molecule has 2 amide bonds. The quantitative estimate of drug-likeness (QED) is 0.444. The van der Waals surface area contributed by atoms with Crippen molar-refractivity contribution in [2.24, 2.45) is 5.92 Å². The molecule has 21 heavy (non-hydrogen) atoms. The Bertz CT molecular complexity index is 469. The summed E-state index contributed by atoms with van der Waals surface area (Å²) in [6, 6.07) is -1.01. The summed E-state index contributed by atoms with van der Waals surface area (Å²) < 4.78 is 10.4. The third-order valence-electron chi connectivity index (χ3n) is 2.63. The predicted molar refractivity (Wildman–Crippen MR) is 76.4 cm³/mol. The van der Waals surface area contributed by atoms with Crippen LogP contribution in [-0.4, -0.2) is 40.1 Å². The van der Waals surface area contributed by atoms with Gasteiger partial charge in [0.05, 0.1) is 5.92 Å². The van der Waals surface area contributed by atoms with Gasteiger partial charge in [-0.1, -0.05) is 6.08 Å². The molecule has 0 bridgehead atoms. The number of amides is 2. The van der Waals surface area contributed by atoms with Gasteiger partial charge in [0.1, 0.15) is 11.2 Å². The molecule has 0 saturated carbocycles. The molecule has 0 aromatic rings. The molecule has 0 N–H and O–H groups in total. The minimum absolute atomic E-state index is 0.505. The third kappa shape index (κ3) is 4.06. The number of carbonyl (C=O) groups is 3. The number of hydrogen-bond donors (Lipinski definition) is 0. The maximum absolute atomic E-state index is 12.2. The van der Waals surface area contributed by atoms with Crippen LogP contribution in [0.1, 0.15) is 41.5 Å². The fraction of sp³-hybridized carbons (Fsp3) is 0.667. The number of nitrogens with zero attached hydrogens (tertiary/aromatic N) is 1. The first-order valence-corrected chi connectivity index (χ1v) is 6.79. The summed E-state index contributed by atoms with van der Waals surface area (Å²) in [6.45, 7) is 13.7. The third-order valence-corrected chi connectivity index (χ3v) is 2.63. The molecule has 1 rings (SSSR count). The van der Waals surface area contributed by atoms with Crippen LogP contribution in [0.5, 0.6) is 0 Å². The van der Waals surface area contributed by atoms with Gasteiger partial charge in [0.15, 0.2) is 6.04 Å². The monoisotopic (exact) mass is 297 g/mol. The Balaban J connectivity index is 2.92. The topological polar surface area (TPSA) is 72.9 Å². The number of rotatable bonds is 2. The molecule has 118 valence electrons. The van der Waals surface area contributed by atoms with Crippen LogP contribution in [0.4, 0.5) is 4.79 Å². The van der Waals surface area contributed by atoms with Gasteiger partial charge < -0.3 is 9.47 Å². The Kier molecular flexibility index (Phi) is 4.51. The molecule has 1 heterocycles. The van der Waals surface area contributed by atoms with E-state index in [1.54, 1.807) is 41.5 Å². The number of likely N-dealkylation sites (tertiary alicyclic amines) is 1. The van der Waals surface area contributed by atoms with Gasteiger partial charge in [0.25, 0.3) is 0 Å². The van der Waals surface area contributed by atoms with Crippen LogP contribution in [0.15, 0.2) is 12.7 Å². The highest BCUT2D eigenvalue weighted by molar-refractivity contribution is 6.07. The van der Waals surface area contributed by atoms with Crippen LogP contribution >= 0.6 is 0 Å². The highest BCUT2D eigenvalue weighted by Gasteiger charge is 2.55. The lowest BCUT2D eigenvalue weighted by atomic mass is 9.87. The minimum Gasteiger partial charge on any atom is -0.458 e. The van der Waals surface area contributed by atoms with E-state index in [9.17, 15) is 14.4 Å². The van der Waals surface area contributed by atoms with E-state index in [1.165, 1.54) is 6.08 Å². The molecule has 0 unspecified atom stereocenters. The molecule has 2 atom stereocenters. The number of β-lactam (4-membered cyclic amide) rings is 1. The van der Waals surface area contributed by atoms with Crippen molar-refractivity contribution in [3.8, 4) is 0 Å². The first kappa shape index (κ1) is 17.2. The Hall–Kier alpha value is -1.85. The zero-order chi connectivity index (χ0) is 16.6. The minimum atomic E-state index is -1.01. The normalized spacial score (nSPS) is 22.4. The number of imide groups is 1. The SMILES string of the molecule is C=C[C@@H]1C(=O)N(C(=O)OC(C)(C)C)[C@@H]1C(=O)OC(C)(C)C. The molecular weight excluding hydrogens is 274 g/mol. The molecule has 6 nitrogen and oxygen atoms in total. The second kappa shape index (κ2) is 5.50. The average molecular weight is 297 g/mol. The average Bonchev–Trinajstić information content (AvgIpc) is 2.20. The lowest BCUT2D eigenvalue weighted by molar-refractivity contribution is -0.177. The number of hydrogen-bond acceptors (Lipinski definition) is 5. The second-order valence-electron chi connectivity index (χ2n) is 6.93. The number of carbonyl (C=O) groups excluding carboxylic acids is 3. The van der Waals surface area contributed by atoms with Crippen LogP contribution in [0.3, 0.4) is 0 Å². The van der Waals surface area contributed by atoms with Gasteiger partial charge in [0.2, 0.25) is 5.91 Å². The molecule has 0 aliphatic carbocycles. The standard InChI is InChI=1S/C15H23NO5/c1-8-9-10(12(18)20-14(2,3)4)16(11(9)17)13(19)21-15(5,6)7/h8-10H,1H2,2-7H3/t9-,10-/m0/s1. The van der Waals surface area contributed by atoms with Crippen molar-refractivity contribution in [3.63, 3.8) is 0 Å². The number of esters is 1. The Morgan fingerprint density at radius 3 is 1.95 bits per heavy atom. The largest absolute Gasteiger partial charge is 0.458 e. The fourth-order valence-electron chi connectivity index (χ4n) is 1.87. The maximum Gasteiger partial charge on any atom is 0.417 e. The molecular formula is C15H23NO5. The first-order chi connectivity index (χ1) is 9.37. The summed E-state index contributed by atoms with van der Waals surface area (Å²) in [5, 5.41) is 0. The molecule has 1 fully saturated rings. The van der Waals surface area contributed by atoms with Crippen LogP contribution in [0.25, 0.3) is 0 Å². The lowest BCUT2D eigenvalue weighted by Gasteiger charge is -2.43. The van der Waals surface area contributed by atoms with Crippen LogP contribution in [0, 0.1) is 5.92 Å². The van der Waals surface area contributed by atoms with Gasteiger partial charge >= 0.3 is 12.1 Å². The summed E-state index contributed by atoms with van der Waals surface area (Å²) in [5.41, 5.74) is -1.46. The Morgan fingerprint density at radius 1 is 1.10 bits per heavy atom. The van der Waals surface area contributed by atoms with Gasteiger partial charge in [0, 0.05) is 0 Å². The van der Waals surface area contributed by atoms with E-state index in [0.717, 1.165) is 4.90 Å². The second-order valence-corrected chi connectivity index (χ2v) is 6.93. The zero-order valence-corrected chi connectivity index (χ0v) is 13.4. The van der Waals surface area contributed by atoms with Crippen molar-refractivity contribution >= 4 is 18.0 Å². The van der Waals surface area contributed by atoms with Crippen molar-refractivity contribution < 1.29 is 23.9 Å². The summed E-state index contributed by atoms with van der Waals surface area (Å²) in [5.74, 6) is -1.90.